The maximum atomic E-state index is 10.4. The first kappa shape index (κ1) is 9.50. The zero-order chi connectivity index (χ0) is 9.68. The zero-order valence-electron chi connectivity index (χ0n) is 6.70. The highest BCUT2D eigenvalue weighted by Crippen LogP contribution is 2.13. The summed E-state index contributed by atoms with van der Waals surface area (Å²) in [4.78, 5) is 13.6. The van der Waals surface area contributed by atoms with E-state index in [2.05, 4.69) is 4.85 Å². The van der Waals surface area contributed by atoms with Gasteiger partial charge in [-0.25, -0.2) is 4.85 Å². The lowest BCUT2D eigenvalue weighted by Crippen LogP contribution is -1.75. The molecule has 0 atom stereocenters. The van der Waals surface area contributed by atoms with Gasteiger partial charge in [0.25, 0.3) is 0 Å². The molecule has 0 aliphatic heterocycles. The van der Waals surface area contributed by atoms with E-state index >= 15 is 0 Å². The number of allylic oxidation sites excluding steroid dienone is 1. The van der Waals surface area contributed by atoms with Crippen LogP contribution in [0, 0.1) is 6.57 Å². The first-order valence-corrected chi connectivity index (χ1v) is 3.95. The van der Waals surface area contributed by atoms with Crippen molar-refractivity contribution < 1.29 is 4.79 Å². The molecule has 0 heterocycles. The topological polar surface area (TPSA) is 21.4 Å². The Balaban J connectivity index is 2.82. The first-order chi connectivity index (χ1) is 6.22. The largest absolute Gasteiger partial charge is 0.276 e. The van der Waals surface area contributed by atoms with Gasteiger partial charge in [-0.05, 0) is 23.2 Å². The number of hydrogen-bond acceptors (Lipinski definition) is 1. The molecule has 0 fully saturated rings. The second-order valence-electron chi connectivity index (χ2n) is 2.34. The maximum Gasteiger partial charge on any atom is 0.245 e. The molecular weight excluding hydrogens is 186 g/mol. The van der Waals surface area contributed by atoms with Crippen LogP contribution in [0.2, 0.25) is 0 Å². The number of halogens is 1. The van der Waals surface area contributed by atoms with Gasteiger partial charge in [-0.3, -0.25) is 4.79 Å². The smallest absolute Gasteiger partial charge is 0.245 e. The minimum Gasteiger partial charge on any atom is -0.276 e. The standard InChI is InChI=1S/C10H6ClNO/c1-12-9-5-2-8(3-6-9)4-7-10(11)13/h2-7H/b7-4+. The lowest BCUT2D eigenvalue weighted by molar-refractivity contribution is -0.107. The van der Waals surface area contributed by atoms with Crippen LogP contribution in [0.1, 0.15) is 5.56 Å². The van der Waals surface area contributed by atoms with Gasteiger partial charge < -0.3 is 0 Å². The van der Waals surface area contributed by atoms with E-state index in [1.54, 1.807) is 30.3 Å². The molecule has 0 radical (unpaired) electrons. The molecule has 0 unspecified atom stereocenters. The molecule has 0 aliphatic carbocycles. The van der Waals surface area contributed by atoms with Gasteiger partial charge in [-0.1, -0.05) is 30.3 Å². The van der Waals surface area contributed by atoms with Gasteiger partial charge in [0.2, 0.25) is 5.24 Å². The Morgan fingerprint density at radius 3 is 2.46 bits per heavy atom. The molecule has 1 aromatic rings. The van der Waals surface area contributed by atoms with Crippen molar-refractivity contribution in [3.05, 3.63) is 47.3 Å². The number of nitrogens with zero attached hydrogens (tertiary/aromatic N) is 1. The molecule has 1 aromatic carbocycles. The SMILES string of the molecule is [C-]#[N+]c1ccc(/C=C/C(=O)Cl)cc1. The van der Waals surface area contributed by atoms with Crippen LogP contribution in [0.25, 0.3) is 10.9 Å². The third kappa shape index (κ3) is 3.10. The zero-order valence-corrected chi connectivity index (χ0v) is 7.45. The number of rotatable bonds is 2. The molecular formula is C10H6ClNO. The first-order valence-electron chi connectivity index (χ1n) is 3.57. The van der Waals surface area contributed by atoms with Crippen molar-refractivity contribution in [3.8, 4) is 0 Å². The summed E-state index contributed by atoms with van der Waals surface area (Å²) in [7, 11) is 0. The second-order valence-corrected chi connectivity index (χ2v) is 2.71. The van der Waals surface area contributed by atoms with Gasteiger partial charge in [0.15, 0.2) is 5.69 Å². The number of carbonyl (C=O) groups excluding carboxylic acids is 1. The van der Waals surface area contributed by atoms with Crippen molar-refractivity contribution in [2.45, 2.75) is 0 Å². The molecule has 2 nitrogen and oxygen atoms in total. The molecule has 0 spiro atoms. The third-order valence-electron chi connectivity index (χ3n) is 1.43. The fourth-order valence-electron chi connectivity index (χ4n) is 0.822. The van der Waals surface area contributed by atoms with E-state index in [-0.39, 0.29) is 0 Å². The van der Waals surface area contributed by atoms with E-state index < -0.39 is 5.24 Å². The van der Waals surface area contributed by atoms with Crippen LogP contribution >= 0.6 is 11.6 Å². The third-order valence-corrected chi connectivity index (χ3v) is 1.55. The van der Waals surface area contributed by atoms with Crippen LogP contribution in [0.4, 0.5) is 5.69 Å². The predicted molar refractivity (Wildman–Crippen MR) is 52.6 cm³/mol. The van der Waals surface area contributed by atoms with Crippen molar-refractivity contribution in [2.24, 2.45) is 0 Å². The molecule has 0 bridgehead atoms. The van der Waals surface area contributed by atoms with Gasteiger partial charge in [0.05, 0.1) is 6.57 Å². The van der Waals surface area contributed by atoms with Gasteiger partial charge in [-0.2, -0.15) is 0 Å². The number of benzene rings is 1. The lowest BCUT2D eigenvalue weighted by atomic mass is 10.2. The fourth-order valence-corrected chi connectivity index (χ4v) is 0.885. The van der Waals surface area contributed by atoms with Crippen molar-refractivity contribution >= 4 is 28.6 Å². The summed E-state index contributed by atoms with van der Waals surface area (Å²) in [6, 6.07) is 6.88. The summed E-state index contributed by atoms with van der Waals surface area (Å²) >= 11 is 5.11. The molecule has 0 saturated heterocycles. The Bertz CT molecular complexity index is 373. The highest BCUT2D eigenvalue weighted by Gasteiger charge is 1.90. The molecule has 3 heteroatoms. The summed E-state index contributed by atoms with van der Waals surface area (Å²) in [5.41, 5.74) is 1.43. The van der Waals surface area contributed by atoms with Crippen LogP contribution < -0.4 is 0 Å². The Hall–Kier alpha value is -1.59. The highest BCUT2D eigenvalue weighted by atomic mass is 35.5. The van der Waals surface area contributed by atoms with Gasteiger partial charge in [0, 0.05) is 0 Å². The normalized spacial score (nSPS) is 9.85. The highest BCUT2D eigenvalue weighted by molar-refractivity contribution is 6.66. The van der Waals surface area contributed by atoms with Crippen LogP contribution in [-0.4, -0.2) is 5.24 Å². The molecule has 0 aliphatic rings. The molecule has 0 saturated carbocycles. The predicted octanol–water partition coefficient (Wildman–Crippen LogP) is 3.02. The molecule has 1 rings (SSSR count). The van der Waals surface area contributed by atoms with E-state index in [9.17, 15) is 4.79 Å². The van der Waals surface area contributed by atoms with Crippen molar-refractivity contribution in [2.75, 3.05) is 0 Å². The molecule has 13 heavy (non-hydrogen) atoms. The Kier molecular flexibility index (Phi) is 3.24. The summed E-state index contributed by atoms with van der Waals surface area (Å²) in [6.07, 6.45) is 2.87. The molecule has 0 aromatic heterocycles. The maximum absolute atomic E-state index is 10.4. The van der Waals surface area contributed by atoms with Crippen molar-refractivity contribution in [1.29, 1.82) is 0 Å². The van der Waals surface area contributed by atoms with Crippen molar-refractivity contribution in [1.82, 2.24) is 0 Å². The minimum atomic E-state index is -0.505. The Morgan fingerprint density at radius 1 is 1.38 bits per heavy atom. The second kappa shape index (κ2) is 4.44. The van der Waals surface area contributed by atoms with Crippen LogP contribution in [0.3, 0.4) is 0 Å². The van der Waals surface area contributed by atoms with E-state index in [1.807, 2.05) is 0 Å². The van der Waals surface area contributed by atoms with E-state index in [0.29, 0.717) is 5.69 Å². The number of hydrogen-bond donors (Lipinski definition) is 0. The molecule has 0 N–H and O–H groups in total. The molecule has 64 valence electrons. The summed E-state index contributed by atoms with van der Waals surface area (Å²) in [5, 5.41) is -0.505. The van der Waals surface area contributed by atoms with Crippen molar-refractivity contribution in [3.63, 3.8) is 0 Å². The van der Waals surface area contributed by atoms with E-state index in [4.69, 9.17) is 18.2 Å². The fraction of sp³-hybridized carbons (Fsp3) is 0. The number of carbonyl (C=O) groups is 1. The Labute approximate surface area is 81.3 Å². The van der Waals surface area contributed by atoms with Gasteiger partial charge in [0.1, 0.15) is 0 Å². The van der Waals surface area contributed by atoms with Gasteiger partial charge >= 0.3 is 0 Å². The van der Waals surface area contributed by atoms with Crippen LogP contribution in [-0.2, 0) is 4.79 Å². The summed E-state index contributed by atoms with van der Waals surface area (Å²) in [6.45, 7) is 6.72. The Morgan fingerprint density at radius 2 is 2.00 bits per heavy atom. The summed E-state index contributed by atoms with van der Waals surface area (Å²) < 4.78 is 0. The quantitative estimate of drug-likeness (QED) is 0.400. The van der Waals surface area contributed by atoms with Gasteiger partial charge in [-0.15, -0.1) is 0 Å². The monoisotopic (exact) mass is 191 g/mol. The van der Waals surface area contributed by atoms with E-state index in [0.717, 1.165) is 5.56 Å². The van der Waals surface area contributed by atoms with Crippen LogP contribution in [0.5, 0.6) is 0 Å². The van der Waals surface area contributed by atoms with E-state index in [1.165, 1.54) is 6.08 Å². The average molecular weight is 192 g/mol. The van der Waals surface area contributed by atoms with Crippen LogP contribution in [0.15, 0.2) is 30.3 Å². The minimum absolute atomic E-state index is 0.505. The molecule has 0 amide bonds. The summed E-state index contributed by atoms with van der Waals surface area (Å²) in [5.74, 6) is 0. The average Bonchev–Trinajstić information content (AvgIpc) is 2.15. The lowest BCUT2D eigenvalue weighted by Gasteiger charge is -1.91.